The molecule has 0 aromatic heterocycles. The lowest BCUT2D eigenvalue weighted by molar-refractivity contribution is -0.186. The second kappa shape index (κ2) is 5.31. The van der Waals surface area contributed by atoms with E-state index in [-0.39, 0.29) is 24.3 Å². The summed E-state index contributed by atoms with van der Waals surface area (Å²) in [5.41, 5.74) is 5.66. The van der Waals surface area contributed by atoms with Crippen molar-refractivity contribution in [3.63, 3.8) is 0 Å². The first kappa shape index (κ1) is 14.6. The molecule has 2 aliphatic carbocycles. The Labute approximate surface area is 111 Å². The first-order valence-electron chi connectivity index (χ1n) is 6.93. The van der Waals surface area contributed by atoms with Gasteiger partial charge in [0.05, 0.1) is 5.92 Å². The Morgan fingerprint density at radius 2 is 1.95 bits per heavy atom. The number of carbonyl (C=O) groups is 1. The Balaban J connectivity index is 1.81. The fourth-order valence-electron chi connectivity index (χ4n) is 2.94. The van der Waals surface area contributed by atoms with Gasteiger partial charge in [-0.1, -0.05) is 6.42 Å². The Bertz CT molecular complexity index is 339. The third-order valence-corrected chi connectivity index (χ3v) is 4.47. The van der Waals surface area contributed by atoms with E-state index in [9.17, 15) is 18.0 Å². The minimum atomic E-state index is -4.18. The van der Waals surface area contributed by atoms with Crippen LogP contribution in [0.2, 0.25) is 0 Å². The number of rotatable bonds is 3. The summed E-state index contributed by atoms with van der Waals surface area (Å²) in [5.74, 6) is -2.10. The number of nitrogens with two attached hydrogens (primary N) is 1. The number of amides is 1. The molecule has 0 radical (unpaired) electrons. The third kappa shape index (κ3) is 3.61. The van der Waals surface area contributed by atoms with Gasteiger partial charge in [0.15, 0.2) is 0 Å². The van der Waals surface area contributed by atoms with E-state index in [0.717, 1.165) is 19.3 Å². The molecule has 1 amide bonds. The van der Waals surface area contributed by atoms with Crippen molar-refractivity contribution < 1.29 is 18.0 Å². The average Bonchev–Trinajstić information content (AvgIpc) is 2.33. The van der Waals surface area contributed by atoms with Crippen molar-refractivity contribution in [2.24, 2.45) is 17.6 Å². The summed E-state index contributed by atoms with van der Waals surface area (Å²) >= 11 is 0. The summed E-state index contributed by atoms with van der Waals surface area (Å²) in [4.78, 5) is 11.9. The fraction of sp³-hybridized carbons (Fsp3) is 0.923. The van der Waals surface area contributed by atoms with Crippen LogP contribution in [0.3, 0.4) is 0 Å². The van der Waals surface area contributed by atoms with Crippen molar-refractivity contribution in [1.82, 2.24) is 5.32 Å². The molecule has 0 aromatic rings. The zero-order valence-corrected chi connectivity index (χ0v) is 10.9. The van der Waals surface area contributed by atoms with Gasteiger partial charge in [-0.2, -0.15) is 13.2 Å². The van der Waals surface area contributed by atoms with Gasteiger partial charge in [-0.3, -0.25) is 4.79 Å². The van der Waals surface area contributed by atoms with Gasteiger partial charge >= 0.3 is 6.18 Å². The van der Waals surface area contributed by atoms with E-state index in [1.54, 1.807) is 0 Å². The van der Waals surface area contributed by atoms with Gasteiger partial charge in [0.1, 0.15) is 0 Å². The summed E-state index contributed by atoms with van der Waals surface area (Å²) in [6, 6.07) is 0. The second-order valence-corrected chi connectivity index (χ2v) is 6.04. The topological polar surface area (TPSA) is 55.1 Å². The summed E-state index contributed by atoms with van der Waals surface area (Å²) in [7, 11) is 0. The highest BCUT2D eigenvalue weighted by Gasteiger charge is 2.43. The average molecular weight is 278 g/mol. The second-order valence-electron chi connectivity index (χ2n) is 6.04. The molecule has 2 atom stereocenters. The number of hydrogen-bond donors (Lipinski definition) is 2. The zero-order chi connectivity index (χ0) is 14.1. The van der Waals surface area contributed by atoms with Gasteiger partial charge in [-0.15, -0.1) is 0 Å². The number of carbonyl (C=O) groups excluding carboxylic acids is 1. The van der Waals surface area contributed by atoms with Crippen LogP contribution in [0.4, 0.5) is 13.2 Å². The summed E-state index contributed by atoms with van der Waals surface area (Å²) in [6.45, 7) is 0.388. The Morgan fingerprint density at radius 3 is 2.47 bits per heavy atom. The predicted molar refractivity (Wildman–Crippen MR) is 65.3 cm³/mol. The number of alkyl halides is 3. The summed E-state index contributed by atoms with van der Waals surface area (Å²) in [5, 5.41) is 2.74. The molecule has 0 bridgehead atoms. The number of halogens is 3. The lowest BCUT2D eigenvalue weighted by Gasteiger charge is -2.38. The maximum atomic E-state index is 12.7. The van der Waals surface area contributed by atoms with Crippen LogP contribution >= 0.6 is 0 Å². The number of nitrogens with one attached hydrogen (secondary N) is 1. The minimum Gasteiger partial charge on any atom is -0.354 e. The molecule has 2 aliphatic rings. The first-order valence-corrected chi connectivity index (χ1v) is 6.93. The predicted octanol–water partition coefficient (Wildman–Crippen LogP) is 2.35. The van der Waals surface area contributed by atoms with E-state index < -0.39 is 18.0 Å². The van der Waals surface area contributed by atoms with E-state index in [1.165, 1.54) is 0 Å². The van der Waals surface area contributed by atoms with Gasteiger partial charge in [0.2, 0.25) is 5.91 Å². The van der Waals surface area contributed by atoms with Gasteiger partial charge < -0.3 is 11.1 Å². The number of hydrogen-bond acceptors (Lipinski definition) is 2. The quantitative estimate of drug-likeness (QED) is 0.832. The van der Waals surface area contributed by atoms with E-state index in [4.69, 9.17) is 5.73 Å². The normalized spacial score (nSPS) is 30.5. The van der Waals surface area contributed by atoms with E-state index in [1.807, 2.05) is 0 Å². The summed E-state index contributed by atoms with van der Waals surface area (Å²) < 4.78 is 38.0. The fourth-order valence-corrected chi connectivity index (χ4v) is 2.94. The van der Waals surface area contributed by atoms with Crippen molar-refractivity contribution in [2.45, 2.75) is 56.7 Å². The molecular weight excluding hydrogens is 257 g/mol. The van der Waals surface area contributed by atoms with Crippen LogP contribution in [0.5, 0.6) is 0 Å². The van der Waals surface area contributed by atoms with Crippen molar-refractivity contribution in [1.29, 1.82) is 0 Å². The molecule has 2 rings (SSSR count). The van der Waals surface area contributed by atoms with Gasteiger partial charge in [0.25, 0.3) is 0 Å². The van der Waals surface area contributed by atoms with Gasteiger partial charge in [-0.05, 0) is 38.5 Å². The molecule has 2 unspecified atom stereocenters. The molecule has 6 heteroatoms. The van der Waals surface area contributed by atoms with Gasteiger partial charge in [0, 0.05) is 18.0 Å². The molecule has 0 aliphatic heterocycles. The molecule has 0 heterocycles. The molecule has 19 heavy (non-hydrogen) atoms. The molecular formula is C13H21F3N2O. The van der Waals surface area contributed by atoms with Crippen molar-refractivity contribution in [2.75, 3.05) is 6.54 Å². The molecule has 2 fully saturated rings. The van der Waals surface area contributed by atoms with Crippen molar-refractivity contribution >= 4 is 5.91 Å². The highest BCUT2D eigenvalue weighted by molar-refractivity contribution is 5.78. The van der Waals surface area contributed by atoms with Crippen LogP contribution < -0.4 is 11.1 Å². The monoisotopic (exact) mass is 278 g/mol. The molecule has 0 aromatic carbocycles. The molecule has 3 nitrogen and oxygen atoms in total. The van der Waals surface area contributed by atoms with Crippen LogP contribution in [0, 0.1) is 11.8 Å². The lowest BCUT2D eigenvalue weighted by Crippen LogP contribution is -2.55. The van der Waals surface area contributed by atoms with E-state index in [2.05, 4.69) is 5.32 Å². The third-order valence-electron chi connectivity index (χ3n) is 4.47. The zero-order valence-electron chi connectivity index (χ0n) is 10.9. The van der Waals surface area contributed by atoms with Crippen molar-refractivity contribution in [3.8, 4) is 0 Å². The maximum Gasteiger partial charge on any atom is 0.391 e. The standard InChI is InChI=1S/C13H21F3N2O/c14-13(15,16)10-4-1-3-9(7-10)11(19)18-8-12(17)5-2-6-12/h9-10H,1-8,17H2,(H,18,19). The largest absolute Gasteiger partial charge is 0.391 e. The van der Waals surface area contributed by atoms with Crippen molar-refractivity contribution in [3.05, 3.63) is 0 Å². The Hall–Kier alpha value is -0.780. The smallest absolute Gasteiger partial charge is 0.354 e. The first-order chi connectivity index (χ1) is 8.80. The Kier molecular flexibility index (Phi) is 4.08. The lowest BCUT2D eigenvalue weighted by atomic mass is 9.77. The molecule has 0 saturated heterocycles. The minimum absolute atomic E-state index is 0.0765. The van der Waals surface area contributed by atoms with E-state index >= 15 is 0 Å². The highest BCUT2D eigenvalue weighted by Crippen LogP contribution is 2.40. The van der Waals surface area contributed by atoms with Crippen LogP contribution in [0.25, 0.3) is 0 Å². The molecule has 2 saturated carbocycles. The highest BCUT2D eigenvalue weighted by atomic mass is 19.4. The van der Waals surface area contributed by atoms with Crippen LogP contribution in [-0.2, 0) is 4.79 Å². The van der Waals surface area contributed by atoms with Crippen LogP contribution in [0.15, 0.2) is 0 Å². The van der Waals surface area contributed by atoms with E-state index in [0.29, 0.717) is 19.4 Å². The molecule has 3 N–H and O–H groups in total. The van der Waals surface area contributed by atoms with Crippen LogP contribution in [-0.4, -0.2) is 24.2 Å². The van der Waals surface area contributed by atoms with Crippen LogP contribution in [0.1, 0.15) is 44.9 Å². The SMILES string of the molecule is NC1(CNC(=O)C2CCCC(C(F)(F)F)C2)CCC1. The Morgan fingerprint density at radius 1 is 1.26 bits per heavy atom. The summed E-state index contributed by atoms with van der Waals surface area (Å²) in [6.07, 6.45) is -0.271. The van der Waals surface area contributed by atoms with Gasteiger partial charge in [-0.25, -0.2) is 0 Å². The molecule has 0 spiro atoms. The molecule has 110 valence electrons. The maximum absolute atomic E-state index is 12.7.